The molecule has 0 radical (unpaired) electrons. The number of anilines is 1. The maximum Gasteiger partial charge on any atom is 0.123 e. The van der Waals surface area contributed by atoms with Crippen molar-refractivity contribution < 1.29 is 4.39 Å². The summed E-state index contributed by atoms with van der Waals surface area (Å²) in [7, 11) is 0. The van der Waals surface area contributed by atoms with E-state index in [0.717, 1.165) is 12.2 Å². The fraction of sp³-hybridized carbons (Fsp3) is 0.538. The second-order valence-corrected chi connectivity index (χ2v) is 4.88. The second-order valence-electron chi connectivity index (χ2n) is 4.88. The Hall–Kier alpha value is -0.760. The third-order valence-corrected chi connectivity index (χ3v) is 3.98. The molecule has 1 aromatic carbocycles. The molecule has 1 aliphatic carbocycles. The molecule has 1 spiro atoms. The first-order chi connectivity index (χ1) is 7.30. The quantitative estimate of drug-likeness (QED) is 0.727. The minimum Gasteiger partial charge on any atom is -0.384 e. The Morgan fingerprint density at radius 3 is 2.62 bits per heavy atom. The minimum absolute atomic E-state index is 0. The molecular formula is C13H17ClFN. The Balaban J connectivity index is 0.000000963. The molecule has 0 aromatic heterocycles. The van der Waals surface area contributed by atoms with Crippen LogP contribution in [0.2, 0.25) is 0 Å². The van der Waals surface area contributed by atoms with Crippen LogP contribution in [0, 0.1) is 5.82 Å². The smallest absolute Gasteiger partial charge is 0.123 e. The average molecular weight is 242 g/mol. The fourth-order valence-electron chi connectivity index (χ4n) is 3.14. The summed E-state index contributed by atoms with van der Waals surface area (Å²) in [6, 6.07) is 5.17. The van der Waals surface area contributed by atoms with Crippen molar-refractivity contribution in [2.24, 2.45) is 0 Å². The molecule has 1 heterocycles. The first-order valence-electron chi connectivity index (χ1n) is 5.84. The molecule has 1 N–H and O–H groups in total. The molecule has 0 bridgehead atoms. The lowest BCUT2D eigenvalue weighted by molar-refractivity contribution is 0.318. The SMILES string of the molecule is Cl.Fc1ccc2c(c1)C1(CCCCC1)CN2. The van der Waals surface area contributed by atoms with Crippen LogP contribution in [0.1, 0.15) is 37.7 Å². The van der Waals surface area contributed by atoms with E-state index in [1.807, 2.05) is 6.07 Å². The molecule has 3 heteroatoms. The van der Waals surface area contributed by atoms with Gasteiger partial charge < -0.3 is 5.32 Å². The molecule has 1 aliphatic heterocycles. The summed E-state index contributed by atoms with van der Waals surface area (Å²) in [6.07, 6.45) is 6.36. The van der Waals surface area contributed by atoms with Crippen LogP contribution in [0.15, 0.2) is 18.2 Å². The van der Waals surface area contributed by atoms with Gasteiger partial charge >= 0.3 is 0 Å². The van der Waals surface area contributed by atoms with Gasteiger partial charge in [0, 0.05) is 17.6 Å². The zero-order valence-electron chi connectivity index (χ0n) is 9.26. The highest BCUT2D eigenvalue weighted by Crippen LogP contribution is 2.46. The van der Waals surface area contributed by atoms with Gasteiger partial charge in [0.1, 0.15) is 5.82 Å². The van der Waals surface area contributed by atoms with Crippen molar-refractivity contribution in [2.45, 2.75) is 37.5 Å². The fourth-order valence-corrected chi connectivity index (χ4v) is 3.14. The van der Waals surface area contributed by atoms with E-state index in [1.165, 1.54) is 37.7 Å². The highest BCUT2D eigenvalue weighted by atomic mass is 35.5. The molecule has 16 heavy (non-hydrogen) atoms. The van der Waals surface area contributed by atoms with Gasteiger partial charge in [0.15, 0.2) is 0 Å². The van der Waals surface area contributed by atoms with E-state index < -0.39 is 0 Å². The second kappa shape index (κ2) is 4.25. The van der Waals surface area contributed by atoms with Crippen molar-refractivity contribution in [1.29, 1.82) is 0 Å². The summed E-state index contributed by atoms with van der Waals surface area (Å²) in [5.41, 5.74) is 2.62. The van der Waals surface area contributed by atoms with Crippen LogP contribution in [0.3, 0.4) is 0 Å². The largest absolute Gasteiger partial charge is 0.384 e. The van der Waals surface area contributed by atoms with Crippen molar-refractivity contribution in [1.82, 2.24) is 0 Å². The van der Waals surface area contributed by atoms with E-state index in [0.29, 0.717) is 0 Å². The predicted molar refractivity (Wildman–Crippen MR) is 66.9 cm³/mol. The molecule has 3 rings (SSSR count). The van der Waals surface area contributed by atoms with E-state index in [2.05, 4.69) is 5.32 Å². The lowest BCUT2D eigenvalue weighted by Crippen LogP contribution is -2.30. The Morgan fingerprint density at radius 2 is 1.88 bits per heavy atom. The lowest BCUT2D eigenvalue weighted by Gasteiger charge is -2.33. The van der Waals surface area contributed by atoms with Crippen LogP contribution in [-0.2, 0) is 5.41 Å². The Kier molecular flexibility index (Phi) is 3.11. The first kappa shape index (κ1) is 11.7. The van der Waals surface area contributed by atoms with Gasteiger partial charge in [-0.2, -0.15) is 0 Å². The van der Waals surface area contributed by atoms with E-state index >= 15 is 0 Å². The van der Waals surface area contributed by atoms with Crippen LogP contribution in [0.25, 0.3) is 0 Å². The summed E-state index contributed by atoms with van der Waals surface area (Å²) in [5.74, 6) is -0.0950. The van der Waals surface area contributed by atoms with E-state index in [-0.39, 0.29) is 23.6 Å². The Labute approximate surface area is 102 Å². The zero-order valence-corrected chi connectivity index (χ0v) is 10.1. The summed E-state index contributed by atoms with van der Waals surface area (Å²) < 4.78 is 13.3. The first-order valence-corrected chi connectivity index (χ1v) is 5.84. The number of hydrogen-bond acceptors (Lipinski definition) is 1. The van der Waals surface area contributed by atoms with Gasteiger partial charge in [-0.05, 0) is 36.6 Å². The number of rotatable bonds is 0. The lowest BCUT2D eigenvalue weighted by atomic mass is 9.71. The van der Waals surface area contributed by atoms with Crippen LogP contribution < -0.4 is 5.32 Å². The van der Waals surface area contributed by atoms with Crippen LogP contribution in [0.4, 0.5) is 10.1 Å². The number of halogens is 2. The van der Waals surface area contributed by atoms with E-state index in [1.54, 1.807) is 12.1 Å². The monoisotopic (exact) mass is 241 g/mol. The Bertz CT molecular complexity index is 380. The highest BCUT2D eigenvalue weighted by molar-refractivity contribution is 5.85. The molecule has 0 atom stereocenters. The molecule has 88 valence electrons. The molecule has 1 saturated carbocycles. The van der Waals surface area contributed by atoms with Crippen molar-refractivity contribution in [3.05, 3.63) is 29.6 Å². The maximum atomic E-state index is 13.3. The van der Waals surface area contributed by atoms with Gasteiger partial charge in [0.05, 0.1) is 0 Å². The van der Waals surface area contributed by atoms with E-state index in [4.69, 9.17) is 0 Å². The predicted octanol–water partition coefficient (Wildman–Crippen LogP) is 3.87. The number of fused-ring (bicyclic) bond motifs is 2. The van der Waals surface area contributed by atoms with Crippen molar-refractivity contribution in [3.63, 3.8) is 0 Å². The van der Waals surface area contributed by atoms with Gasteiger partial charge in [0.25, 0.3) is 0 Å². The van der Waals surface area contributed by atoms with Crippen LogP contribution >= 0.6 is 12.4 Å². The summed E-state index contributed by atoms with van der Waals surface area (Å²) in [5, 5.41) is 3.42. The van der Waals surface area contributed by atoms with E-state index in [9.17, 15) is 4.39 Å². The van der Waals surface area contributed by atoms with Gasteiger partial charge in [0.2, 0.25) is 0 Å². The van der Waals surface area contributed by atoms with Crippen molar-refractivity contribution in [3.8, 4) is 0 Å². The van der Waals surface area contributed by atoms with Gasteiger partial charge in [-0.3, -0.25) is 0 Å². The molecular weight excluding hydrogens is 225 g/mol. The molecule has 0 saturated heterocycles. The molecule has 1 nitrogen and oxygen atoms in total. The van der Waals surface area contributed by atoms with Crippen molar-refractivity contribution in [2.75, 3.05) is 11.9 Å². The zero-order chi connectivity index (χ0) is 10.3. The summed E-state index contributed by atoms with van der Waals surface area (Å²) in [4.78, 5) is 0. The van der Waals surface area contributed by atoms with Crippen LogP contribution in [0.5, 0.6) is 0 Å². The van der Waals surface area contributed by atoms with Crippen molar-refractivity contribution >= 4 is 18.1 Å². The average Bonchev–Trinajstić information content (AvgIpc) is 2.59. The molecule has 0 unspecified atom stereocenters. The van der Waals surface area contributed by atoms with Gasteiger partial charge in [-0.15, -0.1) is 12.4 Å². The summed E-state index contributed by atoms with van der Waals surface area (Å²) in [6.45, 7) is 1.01. The van der Waals surface area contributed by atoms with Gasteiger partial charge in [-0.1, -0.05) is 19.3 Å². The standard InChI is InChI=1S/C13H16FN.ClH/c14-10-4-5-12-11(8-10)13(9-15-12)6-2-1-3-7-13;/h4-5,8,15H,1-3,6-7,9H2;1H. The number of benzene rings is 1. The van der Waals surface area contributed by atoms with Crippen LogP contribution in [-0.4, -0.2) is 6.54 Å². The Morgan fingerprint density at radius 1 is 1.12 bits per heavy atom. The maximum absolute atomic E-state index is 13.3. The third kappa shape index (κ3) is 1.69. The normalized spacial score (nSPS) is 21.1. The molecule has 1 fully saturated rings. The summed E-state index contributed by atoms with van der Waals surface area (Å²) >= 11 is 0. The number of hydrogen-bond donors (Lipinski definition) is 1. The molecule has 1 aromatic rings. The number of nitrogens with one attached hydrogen (secondary N) is 1. The highest BCUT2D eigenvalue weighted by Gasteiger charge is 2.39. The molecule has 0 amide bonds. The molecule has 2 aliphatic rings. The van der Waals surface area contributed by atoms with Gasteiger partial charge in [-0.25, -0.2) is 4.39 Å². The third-order valence-electron chi connectivity index (χ3n) is 3.98. The minimum atomic E-state index is -0.0950. The topological polar surface area (TPSA) is 12.0 Å².